The molecular formula is C13H18ClN3OS. The Morgan fingerprint density at radius 2 is 2.21 bits per heavy atom. The monoisotopic (exact) mass is 299 g/mol. The van der Waals surface area contributed by atoms with Gasteiger partial charge in [-0.15, -0.1) is 0 Å². The van der Waals surface area contributed by atoms with Crippen molar-refractivity contribution in [2.45, 2.75) is 18.8 Å². The molecule has 2 rings (SSSR count). The summed E-state index contributed by atoms with van der Waals surface area (Å²) in [6.07, 6.45) is -0.319. The van der Waals surface area contributed by atoms with Crippen LogP contribution in [0.5, 0.6) is 0 Å². The van der Waals surface area contributed by atoms with Crippen LogP contribution in [0.1, 0.15) is 12.5 Å². The number of hydrogen-bond donors (Lipinski definition) is 2. The third-order valence-electron chi connectivity index (χ3n) is 2.68. The van der Waals surface area contributed by atoms with E-state index in [0.717, 1.165) is 22.6 Å². The Hall–Kier alpha value is -0.750. The smallest absolute Gasteiger partial charge is 0.159 e. The molecule has 2 N–H and O–H groups in total. The highest BCUT2D eigenvalue weighted by Gasteiger charge is 2.13. The fourth-order valence-electron chi connectivity index (χ4n) is 1.77. The number of aliphatic imine (C=N–C) groups is 1. The second kappa shape index (κ2) is 7.14. The molecule has 0 fully saturated rings. The lowest BCUT2D eigenvalue weighted by molar-refractivity contribution is 0.124. The van der Waals surface area contributed by atoms with E-state index >= 15 is 0 Å². The minimum atomic E-state index is -0.319. The highest BCUT2D eigenvalue weighted by atomic mass is 35.5. The average Bonchev–Trinajstić information content (AvgIpc) is 2.39. The van der Waals surface area contributed by atoms with Crippen LogP contribution in [0, 0.1) is 0 Å². The van der Waals surface area contributed by atoms with Crippen molar-refractivity contribution in [3.05, 3.63) is 34.9 Å². The summed E-state index contributed by atoms with van der Waals surface area (Å²) in [5.74, 6) is 0.874. The van der Waals surface area contributed by atoms with Gasteiger partial charge in [0.1, 0.15) is 0 Å². The van der Waals surface area contributed by atoms with Crippen LogP contribution >= 0.6 is 23.4 Å². The maximum absolute atomic E-state index is 9.31. The van der Waals surface area contributed by atoms with Crippen LogP contribution in [0.15, 0.2) is 29.3 Å². The molecule has 1 heterocycles. The molecule has 0 radical (unpaired) electrons. The molecule has 104 valence electrons. The van der Waals surface area contributed by atoms with E-state index in [1.807, 2.05) is 24.3 Å². The lowest BCUT2D eigenvalue weighted by Gasteiger charge is -2.27. The molecule has 0 spiro atoms. The van der Waals surface area contributed by atoms with Gasteiger partial charge in [0.25, 0.3) is 0 Å². The molecule has 1 aliphatic rings. The van der Waals surface area contributed by atoms with Crippen LogP contribution in [0.25, 0.3) is 0 Å². The van der Waals surface area contributed by atoms with Crippen LogP contribution < -0.4 is 5.32 Å². The van der Waals surface area contributed by atoms with E-state index in [1.54, 1.807) is 18.7 Å². The summed E-state index contributed by atoms with van der Waals surface area (Å²) in [6.45, 7) is 3.80. The van der Waals surface area contributed by atoms with Gasteiger partial charge in [0.2, 0.25) is 0 Å². The zero-order valence-electron chi connectivity index (χ0n) is 10.8. The maximum Gasteiger partial charge on any atom is 0.159 e. The molecule has 0 aromatic heterocycles. The summed E-state index contributed by atoms with van der Waals surface area (Å²) in [4.78, 5) is 6.52. The van der Waals surface area contributed by atoms with E-state index < -0.39 is 0 Å². The molecule has 0 saturated heterocycles. The third kappa shape index (κ3) is 5.03. The molecule has 4 nitrogen and oxygen atoms in total. The first-order valence-electron chi connectivity index (χ1n) is 6.19. The number of nitrogens with one attached hydrogen (secondary N) is 1. The van der Waals surface area contributed by atoms with Gasteiger partial charge in [0.05, 0.1) is 19.4 Å². The molecule has 0 amide bonds. The molecule has 0 saturated carbocycles. The van der Waals surface area contributed by atoms with Gasteiger partial charge in [-0.25, -0.2) is 4.99 Å². The Morgan fingerprint density at radius 3 is 2.79 bits per heavy atom. The van der Waals surface area contributed by atoms with Crippen LogP contribution in [-0.2, 0) is 5.75 Å². The second-order valence-electron chi connectivity index (χ2n) is 4.56. The Labute approximate surface area is 122 Å². The van der Waals surface area contributed by atoms with Crippen molar-refractivity contribution < 1.29 is 5.11 Å². The first-order chi connectivity index (χ1) is 9.13. The molecule has 1 atom stereocenters. The van der Waals surface area contributed by atoms with Crippen LogP contribution in [0.4, 0.5) is 0 Å². The van der Waals surface area contributed by atoms with Crippen molar-refractivity contribution in [1.82, 2.24) is 10.2 Å². The molecule has 1 aliphatic heterocycles. The van der Waals surface area contributed by atoms with E-state index in [2.05, 4.69) is 15.2 Å². The van der Waals surface area contributed by atoms with Gasteiger partial charge in [-0.1, -0.05) is 35.5 Å². The van der Waals surface area contributed by atoms with Gasteiger partial charge in [0.15, 0.2) is 5.17 Å². The molecule has 19 heavy (non-hydrogen) atoms. The molecule has 0 aliphatic carbocycles. The van der Waals surface area contributed by atoms with Crippen LogP contribution in [0.2, 0.25) is 5.02 Å². The first-order valence-corrected chi connectivity index (χ1v) is 7.56. The number of benzene rings is 1. The van der Waals surface area contributed by atoms with Crippen molar-refractivity contribution >= 4 is 28.5 Å². The average molecular weight is 300 g/mol. The third-order valence-corrected chi connectivity index (χ3v) is 3.96. The Bertz CT molecular complexity index is 436. The zero-order valence-corrected chi connectivity index (χ0v) is 12.4. The number of hydrogen-bond acceptors (Lipinski definition) is 5. The van der Waals surface area contributed by atoms with E-state index in [9.17, 15) is 5.11 Å². The van der Waals surface area contributed by atoms with Crippen molar-refractivity contribution in [2.24, 2.45) is 4.99 Å². The van der Waals surface area contributed by atoms with Gasteiger partial charge in [-0.05, 0) is 24.6 Å². The van der Waals surface area contributed by atoms with Crippen LogP contribution in [-0.4, -0.2) is 41.2 Å². The number of amidine groups is 1. The summed E-state index contributed by atoms with van der Waals surface area (Å²) < 4.78 is 0. The zero-order chi connectivity index (χ0) is 13.7. The molecular weight excluding hydrogens is 282 g/mol. The largest absolute Gasteiger partial charge is 0.392 e. The minimum Gasteiger partial charge on any atom is -0.392 e. The molecule has 1 aromatic carbocycles. The molecule has 0 bridgehead atoms. The lowest BCUT2D eigenvalue weighted by atomic mass is 10.2. The number of halogens is 1. The number of β-amino-alcohol motifs (C(OH)–C–C–N with tert-alkyl or cyclic N) is 1. The Kier molecular flexibility index (Phi) is 5.51. The quantitative estimate of drug-likeness (QED) is 0.894. The number of rotatable bonds is 4. The summed E-state index contributed by atoms with van der Waals surface area (Å²) >= 11 is 7.53. The summed E-state index contributed by atoms with van der Waals surface area (Å²) in [5, 5.41) is 14.3. The van der Waals surface area contributed by atoms with E-state index in [0.29, 0.717) is 13.2 Å². The van der Waals surface area contributed by atoms with Crippen molar-refractivity contribution in [1.29, 1.82) is 0 Å². The second-order valence-corrected chi connectivity index (χ2v) is 5.96. The van der Waals surface area contributed by atoms with Gasteiger partial charge in [0, 0.05) is 17.3 Å². The number of aliphatic hydroxyl groups is 1. The first kappa shape index (κ1) is 14.7. The van der Waals surface area contributed by atoms with Gasteiger partial charge in [-0.2, -0.15) is 0 Å². The Morgan fingerprint density at radius 1 is 1.47 bits per heavy atom. The molecule has 6 heteroatoms. The van der Waals surface area contributed by atoms with Crippen molar-refractivity contribution in [2.75, 3.05) is 19.9 Å². The predicted molar refractivity (Wildman–Crippen MR) is 81.4 cm³/mol. The van der Waals surface area contributed by atoms with E-state index in [-0.39, 0.29) is 6.10 Å². The minimum absolute atomic E-state index is 0.319. The summed E-state index contributed by atoms with van der Waals surface area (Å²) in [5.41, 5.74) is 1.23. The van der Waals surface area contributed by atoms with Gasteiger partial charge < -0.3 is 10.4 Å². The fourth-order valence-corrected chi connectivity index (χ4v) is 2.71. The molecule has 1 aromatic rings. The lowest BCUT2D eigenvalue weighted by Crippen LogP contribution is -2.44. The highest BCUT2D eigenvalue weighted by Crippen LogP contribution is 2.17. The number of thioether (sulfide) groups is 1. The van der Waals surface area contributed by atoms with Crippen LogP contribution in [0.3, 0.4) is 0 Å². The topological polar surface area (TPSA) is 47.9 Å². The maximum atomic E-state index is 9.31. The van der Waals surface area contributed by atoms with Crippen molar-refractivity contribution in [3.8, 4) is 0 Å². The standard InChI is InChI=1S/C13H18ClN3OS/c1-10(18)6-17-8-15-13(16-9-17)19-7-11-2-4-12(14)5-3-11/h2-5,10,18H,6-9H2,1H3,(H,15,16). The Balaban J connectivity index is 1.78. The van der Waals surface area contributed by atoms with E-state index in [4.69, 9.17) is 11.6 Å². The SMILES string of the molecule is CC(O)CN1CN=C(SCc2ccc(Cl)cc2)NC1. The summed E-state index contributed by atoms with van der Waals surface area (Å²) in [7, 11) is 0. The van der Waals surface area contributed by atoms with E-state index in [1.165, 1.54) is 5.56 Å². The van der Waals surface area contributed by atoms with Crippen molar-refractivity contribution in [3.63, 3.8) is 0 Å². The number of nitrogens with zero attached hydrogens (tertiary/aromatic N) is 2. The number of aliphatic hydroxyl groups excluding tert-OH is 1. The summed E-state index contributed by atoms with van der Waals surface area (Å²) in [6, 6.07) is 7.85. The fraction of sp³-hybridized carbons (Fsp3) is 0.462. The predicted octanol–water partition coefficient (Wildman–Crippen LogP) is 2.13. The van der Waals surface area contributed by atoms with Gasteiger partial charge >= 0.3 is 0 Å². The normalized spacial score (nSPS) is 17.7. The highest BCUT2D eigenvalue weighted by molar-refractivity contribution is 8.13. The van der Waals surface area contributed by atoms with Gasteiger partial charge in [-0.3, -0.25) is 4.90 Å². The molecule has 1 unspecified atom stereocenters.